The van der Waals surface area contributed by atoms with Crippen molar-refractivity contribution in [3.05, 3.63) is 59.4 Å². The Kier molecular flexibility index (Phi) is 4.53. The minimum Gasteiger partial charge on any atom is -0.242 e. The van der Waals surface area contributed by atoms with Crippen molar-refractivity contribution in [2.75, 3.05) is 6.26 Å². The Morgan fingerprint density at radius 2 is 1.73 bits per heavy atom. The molecule has 0 atom stereocenters. The van der Waals surface area contributed by atoms with Crippen LogP contribution in [-0.4, -0.2) is 29.4 Å². The fourth-order valence-electron chi connectivity index (χ4n) is 2.26. The first-order valence-electron chi connectivity index (χ1n) is 7.15. The Hall–Kier alpha value is -2.39. The molecule has 1 aromatic carbocycles. The summed E-state index contributed by atoms with van der Waals surface area (Å²) in [6, 6.07) is 9.69. The summed E-state index contributed by atoms with van der Waals surface area (Å²) in [5.74, 6) is 0. The summed E-state index contributed by atoms with van der Waals surface area (Å²) in [5.41, 5.74) is -0.250. The van der Waals surface area contributed by atoms with Crippen LogP contribution in [0.1, 0.15) is 5.69 Å². The Morgan fingerprint density at radius 3 is 2.23 bits per heavy atom. The molecule has 0 aliphatic heterocycles. The smallest absolute Gasteiger partial charge is 0.242 e. The topological polar surface area (TPSA) is 64.8 Å². The zero-order valence-electron chi connectivity index (χ0n) is 13.2. The number of nitrogens with zero attached hydrogens (tertiary/aromatic N) is 3. The monoisotopic (exact) mass is 401 g/mol. The van der Waals surface area contributed by atoms with Gasteiger partial charge in [0.25, 0.3) is 0 Å². The average Bonchev–Trinajstić information content (AvgIpc) is 3.00. The third-order valence-corrected chi connectivity index (χ3v) is 4.74. The van der Waals surface area contributed by atoms with E-state index in [4.69, 9.17) is 11.6 Å². The van der Waals surface area contributed by atoms with E-state index in [1.807, 2.05) is 0 Å². The van der Waals surface area contributed by atoms with Gasteiger partial charge in [0, 0.05) is 16.8 Å². The second-order valence-electron chi connectivity index (χ2n) is 5.46. The van der Waals surface area contributed by atoms with Gasteiger partial charge in [-0.2, -0.15) is 18.3 Å². The van der Waals surface area contributed by atoms with Gasteiger partial charge in [-0.05, 0) is 30.3 Å². The summed E-state index contributed by atoms with van der Waals surface area (Å²) in [7, 11) is -3.52. The normalized spacial score (nSPS) is 12.3. The van der Waals surface area contributed by atoms with Gasteiger partial charge >= 0.3 is 6.18 Å². The van der Waals surface area contributed by atoms with E-state index in [-0.39, 0.29) is 16.4 Å². The molecule has 0 bridgehead atoms. The number of halogens is 4. The first kappa shape index (κ1) is 18.4. The number of sulfone groups is 1. The maximum absolute atomic E-state index is 13.1. The summed E-state index contributed by atoms with van der Waals surface area (Å²) in [6.45, 7) is 0. The van der Waals surface area contributed by atoms with Gasteiger partial charge in [0.15, 0.2) is 20.6 Å². The average molecular weight is 402 g/mol. The highest BCUT2D eigenvalue weighted by molar-refractivity contribution is 7.90. The summed E-state index contributed by atoms with van der Waals surface area (Å²) in [5, 5.41) is 3.87. The highest BCUT2D eigenvalue weighted by atomic mass is 35.5. The number of hydrogen-bond acceptors (Lipinski definition) is 4. The molecule has 0 spiro atoms. The third-order valence-electron chi connectivity index (χ3n) is 3.48. The SMILES string of the molecule is CS(=O)(=O)c1ccc(-n2nc(C(F)(F)F)cc2-c2ccc(Cl)cc2)cn1. The number of alkyl halides is 3. The minimum atomic E-state index is -4.63. The van der Waals surface area contributed by atoms with Crippen LogP contribution >= 0.6 is 11.6 Å². The Labute approximate surface area is 152 Å². The number of hydrogen-bond donors (Lipinski definition) is 0. The molecule has 0 aliphatic carbocycles. The summed E-state index contributed by atoms with van der Waals surface area (Å²) in [4.78, 5) is 3.80. The molecule has 0 saturated heterocycles. The van der Waals surface area contributed by atoms with Crippen molar-refractivity contribution in [3.63, 3.8) is 0 Å². The zero-order valence-corrected chi connectivity index (χ0v) is 14.8. The predicted octanol–water partition coefficient (Wildman–Crippen LogP) is 4.01. The number of rotatable bonds is 3. The zero-order chi connectivity index (χ0) is 19.1. The van der Waals surface area contributed by atoms with Crippen LogP contribution in [0.4, 0.5) is 13.2 Å². The van der Waals surface area contributed by atoms with Crippen LogP contribution in [0, 0.1) is 0 Å². The number of aromatic nitrogens is 3. The van der Waals surface area contributed by atoms with Gasteiger partial charge in [0.2, 0.25) is 0 Å². The lowest BCUT2D eigenvalue weighted by molar-refractivity contribution is -0.141. The highest BCUT2D eigenvalue weighted by Crippen LogP contribution is 2.33. The van der Waals surface area contributed by atoms with Gasteiger partial charge in [-0.15, -0.1) is 0 Å². The standard InChI is InChI=1S/C16H11ClF3N3O2S/c1-26(24,25)15-7-6-12(9-21-15)23-13(8-14(22-23)16(18,19)20)10-2-4-11(17)5-3-10/h2-9H,1H3. The van der Waals surface area contributed by atoms with Crippen molar-refractivity contribution < 1.29 is 21.6 Å². The predicted molar refractivity (Wildman–Crippen MR) is 89.9 cm³/mol. The van der Waals surface area contributed by atoms with Crippen LogP contribution in [0.2, 0.25) is 5.02 Å². The van der Waals surface area contributed by atoms with Gasteiger partial charge in [-0.25, -0.2) is 18.1 Å². The molecule has 2 heterocycles. The van der Waals surface area contributed by atoms with Crippen LogP contribution < -0.4 is 0 Å². The first-order valence-corrected chi connectivity index (χ1v) is 9.42. The van der Waals surface area contributed by atoms with Crippen molar-refractivity contribution in [3.8, 4) is 16.9 Å². The summed E-state index contributed by atoms with van der Waals surface area (Å²) in [6.07, 6.45) is -2.49. The van der Waals surface area contributed by atoms with E-state index in [1.165, 1.54) is 12.1 Å². The second kappa shape index (κ2) is 6.40. The molecule has 2 aromatic heterocycles. The van der Waals surface area contributed by atoms with E-state index in [0.29, 0.717) is 10.6 Å². The molecule has 0 amide bonds. The molecule has 3 rings (SSSR count). The van der Waals surface area contributed by atoms with Gasteiger partial charge in [0.05, 0.1) is 17.6 Å². The van der Waals surface area contributed by atoms with Crippen molar-refractivity contribution in [1.82, 2.24) is 14.8 Å². The fraction of sp³-hybridized carbons (Fsp3) is 0.125. The second-order valence-corrected chi connectivity index (χ2v) is 7.86. The molecule has 0 saturated carbocycles. The van der Waals surface area contributed by atoms with Crippen LogP contribution in [0.5, 0.6) is 0 Å². The van der Waals surface area contributed by atoms with Gasteiger partial charge in [0.1, 0.15) is 0 Å². The lowest BCUT2D eigenvalue weighted by Crippen LogP contribution is -2.08. The summed E-state index contributed by atoms with van der Waals surface area (Å²) >= 11 is 5.82. The van der Waals surface area contributed by atoms with Crippen LogP contribution in [0.3, 0.4) is 0 Å². The molecule has 0 N–H and O–H groups in total. The lowest BCUT2D eigenvalue weighted by Gasteiger charge is -2.08. The lowest BCUT2D eigenvalue weighted by atomic mass is 10.1. The Bertz CT molecular complexity index is 1040. The Balaban J connectivity index is 2.16. The molecular weight excluding hydrogens is 391 g/mol. The largest absolute Gasteiger partial charge is 0.435 e. The molecule has 0 fully saturated rings. The number of benzene rings is 1. The van der Waals surface area contributed by atoms with E-state index in [9.17, 15) is 21.6 Å². The number of pyridine rings is 1. The van der Waals surface area contributed by atoms with Crippen molar-refractivity contribution in [2.24, 2.45) is 0 Å². The highest BCUT2D eigenvalue weighted by Gasteiger charge is 2.35. The van der Waals surface area contributed by atoms with Crippen LogP contribution in [0.15, 0.2) is 53.7 Å². The molecule has 26 heavy (non-hydrogen) atoms. The third kappa shape index (κ3) is 3.73. The van der Waals surface area contributed by atoms with E-state index >= 15 is 0 Å². The van der Waals surface area contributed by atoms with Crippen molar-refractivity contribution in [1.29, 1.82) is 0 Å². The van der Waals surface area contributed by atoms with E-state index in [2.05, 4.69) is 10.1 Å². The minimum absolute atomic E-state index is 0.169. The first-order chi connectivity index (χ1) is 12.1. The molecule has 0 aliphatic rings. The maximum Gasteiger partial charge on any atom is 0.435 e. The van der Waals surface area contributed by atoms with E-state index in [1.54, 1.807) is 24.3 Å². The Morgan fingerprint density at radius 1 is 1.08 bits per heavy atom. The molecule has 0 radical (unpaired) electrons. The molecule has 5 nitrogen and oxygen atoms in total. The molecular formula is C16H11ClF3N3O2S. The van der Waals surface area contributed by atoms with Crippen molar-refractivity contribution in [2.45, 2.75) is 11.2 Å². The van der Waals surface area contributed by atoms with Gasteiger partial charge in [-0.1, -0.05) is 23.7 Å². The summed E-state index contributed by atoms with van der Waals surface area (Å²) < 4.78 is 63.4. The fourth-order valence-corrected chi connectivity index (χ4v) is 2.95. The molecule has 0 unspecified atom stereocenters. The maximum atomic E-state index is 13.1. The van der Waals surface area contributed by atoms with Crippen molar-refractivity contribution >= 4 is 21.4 Å². The molecule has 3 aromatic rings. The van der Waals surface area contributed by atoms with Crippen LogP contribution in [0.25, 0.3) is 16.9 Å². The molecule has 10 heteroatoms. The van der Waals surface area contributed by atoms with Gasteiger partial charge in [-0.3, -0.25) is 0 Å². The van der Waals surface area contributed by atoms with Gasteiger partial charge < -0.3 is 0 Å². The quantitative estimate of drug-likeness (QED) is 0.665. The van der Waals surface area contributed by atoms with E-state index < -0.39 is 21.7 Å². The van der Waals surface area contributed by atoms with Crippen LogP contribution in [-0.2, 0) is 16.0 Å². The molecule has 136 valence electrons. The van der Waals surface area contributed by atoms with E-state index in [0.717, 1.165) is 23.2 Å².